The molecule has 4 rings (SSSR count). The lowest BCUT2D eigenvalue weighted by atomic mass is 10.1. The number of rotatable bonds is 4. The highest BCUT2D eigenvalue weighted by molar-refractivity contribution is 7.21. The second-order valence-electron chi connectivity index (χ2n) is 6.13. The van der Waals surface area contributed by atoms with Crippen LogP contribution >= 0.6 is 22.7 Å². The van der Waals surface area contributed by atoms with Crippen LogP contribution in [0.4, 0.5) is 5.69 Å². The summed E-state index contributed by atoms with van der Waals surface area (Å²) >= 11 is 2.70. The molecule has 0 unspecified atom stereocenters. The van der Waals surface area contributed by atoms with Crippen LogP contribution in [-0.4, -0.2) is 17.0 Å². The minimum absolute atomic E-state index is 0.123. The highest BCUT2D eigenvalue weighted by Crippen LogP contribution is 2.37. The Hall–Kier alpha value is -2.96. The van der Waals surface area contributed by atoms with Gasteiger partial charge in [0.2, 0.25) is 0 Å². The zero-order valence-corrected chi connectivity index (χ0v) is 16.0. The number of aromatic carboxylic acids is 1. The summed E-state index contributed by atoms with van der Waals surface area (Å²) in [5.41, 5.74) is 2.37. The van der Waals surface area contributed by atoms with Crippen LogP contribution in [-0.2, 0) is 0 Å². The first-order valence-electron chi connectivity index (χ1n) is 8.24. The predicted octanol–water partition coefficient (Wildman–Crippen LogP) is 5.89. The lowest BCUT2D eigenvalue weighted by molar-refractivity contribution is 0.0699. The van der Waals surface area contributed by atoms with Gasteiger partial charge >= 0.3 is 5.97 Å². The lowest BCUT2D eigenvalue weighted by Gasteiger charge is -2.05. The molecule has 2 aromatic carbocycles. The van der Waals surface area contributed by atoms with Gasteiger partial charge in [-0.2, -0.15) is 0 Å². The van der Waals surface area contributed by atoms with E-state index in [1.807, 2.05) is 61.5 Å². The summed E-state index contributed by atoms with van der Waals surface area (Å²) in [6, 6.07) is 17.2. The molecule has 27 heavy (non-hydrogen) atoms. The van der Waals surface area contributed by atoms with Crippen molar-refractivity contribution in [3.05, 3.63) is 76.0 Å². The van der Waals surface area contributed by atoms with Gasteiger partial charge in [0.15, 0.2) is 0 Å². The minimum atomic E-state index is -1.06. The van der Waals surface area contributed by atoms with Crippen molar-refractivity contribution in [1.82, 2.24) is 0 Å². The van der Waals surface area contributed by atoms with Crippen molar-refractivity contribution >= 4 is 50.3 Å². The van der Waals surface area contributed by atoms with Crippen LogP contribution in [0.15, 0.2) is 60.0 Å². The molecule has 4 aromatic rings. The van der Waals surface area contributed by atoms with Crippen molar-refractivity contribution in [2.45, 2.75) is 6.92 Å². The summed E-state index contributed by atoms with van der Waals surface area (Å²) in [6.07, 6.45) is 0. The van der Waals surface area contributed by atoms with Crippen LogP contribution in [0, 0.1) is 6.92 Å². The highest BCUT2D eigenvalue weighted by atomic mass is 32.1. The molecule has 0 spiro atoms. The number of hydrogen-bond donors (Lipinski definition) is 2. The average Bonchev–Trinajstić information content (AvgIpc) is 3.26. The smallest absolute Gasteiger partial charge is 0.339 e. The van der Waals surface area contributed by atoms with E-state index in [0.29, 0.717) is 15.4 Å². The Kier molecular flexibility index (Phi) is 4.51. The summed E-state index contributed by atoms with van der Waals surface area (Å²) in [5.74, 6) is -1.36. The Morgan fingerprint density at radius 1 is 1.04 bits per heavy atom. The molecule has 0 radical (unpaired) electrons. The molecule has 6 heteroatoms. The number of amides is 1. The lowest BCUT2D eigenvalue weighted by Crippen LogP contribution is -2.12. The minimum Gasteiger partial charge on any atom is -0.478 e. The molecular formula is C21H15NO3S2. The largest absolute Gasteiger partial charge is 0.478 e. The van der Waals surface area contributed by atoms with Crippen molar-refractivity contribution in [2.24, 2.45) is 0 Å². The number of aryl methyl sites for hydroxylation is 1. The first-order valence-corrected chi connectivity index (χ1v) is 9.94. The van der Waals surface area contributed by atoms with Gasteiger partial charge in [-0.3, -0.25) is 4.79 Å². The van der Waals surface area contributed by atoms with Gasteiger partial charge in [-0.25, -0.2) is 4.79 Å². The molecule has 0 aliphatic carbocycles. The number of hydrogen-bond acceptors (Lipinski definition) is 4. The Balaban J connectivity index is 1.68. The summed E-state index contributed by atoms with van der Waals surface area (Å²) in [5, 5.41) is 15.2. The SMILES string of the molecule is Cc1ccc(-c2scc(NC(=O)c3cc4ccccc4s3)c2C(=O)O)cc1. The molecule has 0 bridgehead atoms. The summed E-state index contributed by atoms with van der Waals surface area (Å²) < 4.78 is 1.02. The van der Waals surface area contributed by atoms with Crippen molar-refractivity contribution in [2.75, 3.05) is 5.32 Å². The number of carboxylic acids is 1. The van der Waals surface area contributed by atoms with E-state index in [0.717, 1.165) is 21.2 Å². The summed E-state index contributed by atoms with van der Waals surface area (Å²) in [4.78, 5) is 25.7. The van der Waals surface area contributed by atoms with E-state index >= 15 is 0 Å². The molecule has 2 N–H and O–H groups in total. The third kappa shape index (κ3) is 3.37. The Bertz CT molecular complexity index is 1120. The second kappa shape index (κ2) is 6.98. The Morgan fingerprint density at radius 2 is 1.78 bits per heavy atom. The molecule has 0 atom stereocenters. The molecule has 0 saturated carbocycles. The van der Waals surface area contributed by atoms with Gasteiger partial charge in [-0.05, 0) is 30.0 Å². The van der Waals surface area contributed by atoms with Crippen molar-refractivity contribution < 1.29 is 14.7 Å². The maximum Gasteiger partial charge on any atom is 0.339 e. The zero-order chi connectivity index (χ0) is 19.0. The number of thiophene rings is 2. The van der Waals surface area contributed by atoms with Crippen LogP contribution < -0.4 is 5.32 Å². The zero-order valence-electron chi connectivity index (χ0n) is 14.4. The monoisotopic (exact) mass is 393 g/mol. The predicted molar refractivity (Wildman–Crippen MR) is 111 cm³/mol. The number of anilines is 1. The van der Waals surface area contributed by atoms with Crippen LogP contribution in [0.1, 0.15) is 25.6 Å². The number of fused-ring (bicyclic) bond motifs is 1. The van der Waals surface area contributed by atoms with Gasteiger partial charge in [-0.1, -0.05) is 48.0 Å². The van der Waals surface area contributed by atoms with Gasteiger partial charge in [0.25, 0.3) is 5.91 Å². The van der Waals surface area contributed by atoms with Gasteiger partial charge in [0.05, 0.1) is 15.4 Å². The van der Waals surface area contributed by atoms with E-state index in [-0.39, 0.29) is 11.5 Å². The molecule has 0 aliphatic rings. The Labute approximate surface area is 163 Å². The molecule has 2 heterocycles. The van der Waals surface area contributed by atoms with Gasteiger partial charge in [0.1, 0.15) is 5.56 Å². The fourth-order valence-electron chi connectivity index (χ4n) is 2.86. The van der Waals surface area contributed by atoms with E-state index in [1.54, 1.807) is 5.38 Å². The molecular weight excluding hydrogens is 378 g/mol. The first kappa shape index (κ1) is 17.5. The molecule has 134 valence electrons. The molecule has 0 aliphatic heterocycles. The standard InChI is InChI=1S/C21H15NO3S2/c1-12-6-8-13(9-7-12)19-18(21(24)25)15(11-26-19)22-20(23)17-10-14-4-2-3-5-16(14)27-17/h2-11H,1H3,(H,22,23)(H,24,25). The van der Waals surface area contributed by atoms with Crippen molar-refractivity contribution in [1.29, 1.82) is 0 Å². The van der Waals surface area contributed by atoms with Crippen LogP contribution in [0.25, 0.3) is 20.5 Å². The Morgan fingerprint density at radius 3 is 2.48 bits per heavy atom. The topological polar surface area (TPSA) is 66.4 Å². The summed E-state index contributed by atoms with van der Waals surface area (Å²) in [7, 11) is 0. The van der Waals surface area contributed by atoms with E-state index in [2.05, 4.69) is 5.32 Å². The maximum absolute atomic E-state index is 12.7. The fourth-order valence-corrected chi connectivity index (χ4v) is 4.82. The van der Waals surface area contributed by atoms with Crippen molar-refractivity contribution in [3.63, 3.8) is 0 Å². The third-order valence-electron chi connectivity index (χ3n) is 4.22. The maximum atomic E-state index is 12.7. The molecule has 0 fully saturated rings. The van der Waals surface area contributed by atoms with Crippen LogP contribution in [0.5, 0.6) is 0 Å². The van der Waals surface area contributed by atoms with Gasteiger partial charge < -0.3 is 10.4 Å². The third-order valence-corrected chi connectivity index (χ3v) is 6.36. The summed E-state index contributed by atoms with van der Waals surface area (Å²) in [6.45, 7) is 1.98. The van der Waals surface area contributed by atoms with E-state index in [1.165, 1.54) is 22.7 Å². The van der Waals surface area contributed by atoms with Gasteiger partial charge in [-0.15, -0.1) is 22.7 Å². The highest BCUT2D eigenvalue weighted by Gasteiger charge is 2.22. The number of benzene rings is 2. The van der Waals surface area contributed by atoms with Crippen LogP contribution in [0.3, 0.4) is 0 Å². The quantitative estimate of drug-likeness (QED) is 0.454. The van der Waals surface area contributed by atoms with Crippen molar-refractivity contribution in [3.8, 4) is 10.4 Å². The van der Waals surface area contributed by atoms with Gasteiger partial charge in [0, 0.05) is 10.1 Å². The van der Waals surface area contributed by atoms with E-state index in [4.69, 9.17) is 0 Å². The molecule has 1 amide bonds. The average molecular weight is 393 g/mol. The van der Waals surface area contributed by atoms with E-state index < -0.39 is 5.97 Å². The number of carbonyl (C=O) groups excluding carboxylic acids is 1. The number of nitrogens with one attached hydrogen (secondary N) is 1. The number of carbonyl (C=O) groups is 2. The molecule has 2 aromatic heterocycles. The second-order valence-corrected chi connectivity index (χ2v) is 8.09. The number of carboxylic acid groups (broad SMARTS) is 1. The van der Waals surface area contributed by atoms with Crippen LogP contribution in [0.2, 0.25) is 0 Å². The first-order chi connectivity index (χ1) is 13.0. The fraction of sp³-hybridized carbons (Fsp3) is 0.0476. The molecule has 4 nitrogen and oxygen atoms in total. The normalized spacial score (nSPS) is 10.9. The molecule has 0 saturated heterocycles. The van der Waals surface area contributed by atoms with E-state index in [9.17, 15) is 14.7 Å².